The fourth-order valence-corrected chi connectivity index (χ4v) is 3.66. The molecule has 1 aromatic carbocycles. The average molecular weight is 394 g/mol. The molecule has 0 aliphatic carbocycles. The topological polar surface area (TPSA) is 83.9 Å². The van der Waals surface area contributed by atoms with Crippen molar-refractivity contribution in [2.45, 2.75) is 52.6 Å². The molecule has 0 fully saturated rings. The van der Waals surface area contributed by atoms with E-state index >= 15 is 0 Å². The SMILES string of the molecule is CCCCOc1ccc2c(c1)CC(C(=O)O)N(C(=O)C(C)CSC(C)=O)C2. The Morgan fingerprint density at radius 2 is 2.07 bits per heavy atom. The predicted octanol–water partition coefficient (Wildman–Crippen LogP) is 3.12. The van der Waals surface area contributed by atoms with Gasteiger partial charge in [-0.1, -0.05) is 38.1 Å². The molecular weight excluding hydrogens is 366 g/mol. The van der Waals surface area contributed by atoms with Crippen LogP contribution in [0.1, 0.15) is 44.7 Å². The van der Waals surface area contributed by atoms with Gasteiger partial charge in [0.2, 0.25) is 5.91 Å². The Kier molecular flexibility index (Phi) is 7.71. The molecule has 27 heavy (non-hydrogen) atoms. The summed E-state index contributed by atoms with van der Waals surface area (Å²) in [6.07, 6.45) is 2.27. The minimum Gasteiger partial charge on any atom is -0.494 e. The molecule has 6 nitrogen and oxygen atoms in total. The van der Waals surface area contributed by atoms with E-state index in [2.05, 4.69) is 6.92 Å². The van der Waals surface area contributed by atoms with E-state index in [1.807, 2.05) is 18.2 Å². The molecular formula is C20H27NO5S. The van der Waals surface area contributed by atoms with Crippen LogP contribution in [0, 0.1) is 5.92 Å². The molecule has 0 saturated heterocycles. The second kappa shape index (κ2) is 9.78. The summed E-state index contributed by atoms with van der Waals surface area (Å²) in [5, 5.41) is 9.59. The lowest BCUT2D eigenvalue weighted by molar-refractivity contribution is -0.152. The first-order valence-corrected chi connectivity index (χ1v) is 10.2. The van der Waals surface area contributed by atoms with E-state index in [1.54, 1.807) is 6.92 Å². The molecule has 0 bridgehead atoms. The van der Waals surface area contributed by atoms with Crippen molar-refractivity contribution < 1.29 is 24.2 Å². The zero-order valence-corrected chi connectivity index (χ0v) is 16.9. The van der Waals surface area contributed by atoms with Crippen molar-refractivity contribution in [3.8, 4) is 5.75 Å². The predicted molar refractivity (Wildman–Crippen MR) is 105 cm³/mol. The molecule has 0 saturated carbocycles. The fourth-order valence-electron chi connectivity index (χ4n) is 3.03. The van der Waals surface area contributed by atoms with Crippen molar-refractivity contribution in [1.82, 2.24) is 4.90 Å². The number of fused-ring (bicyclic) bond motifs is 1. The summed E-state index contributed by atoms with van der Waals surface area (Å²) in [4.78, 5) is 37.1. The largest absolute Gasteiger partial charge is 0.494 e. The number of aliphatic carboxylic acids is 1. The highest BCUT2D eigenvalue weighted by Crippen LogP contribution is 2.29. The van der Waals surface area contributed by atoms with Gasteiger partial charge in [0.1, 0.15) is 11.8 Å². The van der Waals surface area contributed by atoms with Crippen molar-refractivity contribution in [1.29, 1.82) is 0 Å². The number of nitrogens with zero attached hydrogens (tertiary/aromatic N) is 1. The zero-order chi connectivity index (χ0) is 20.0. The minimum absolute atomic E-state index is 0.0518. The molecule has 2 unspecified atom stereocenters. The Balaban J connectivity index is 2.16. The van der Waals surface area contributed by atoms with Crippen LogP contribution in [0.5, 0.6) is 5.75 Å². The van der Waals surface area contributed by atoms with E-state index in [4.69, 9.17) is 4.74 Å². The van der Waals surface area contributed by atoms with Gasteiger partial charge in [-0.2, -0.15) is 0 Å². The van der Waals surface area contributed by atoms with Crippen LogP contribution in [0.4, 0.5) is 0 Å². The standard InChI is InChI=1S/C20H27NO5S/c1-4-5-8-26-17-7-6-15-11-21(18(20(24)25)10-16(15)9-17)19(23)13(2)12-27-14(3)22/h6-7,9,13,18H,4-5,8,10-12H2,1-3H3,(H,24,25). The van der Waals surface area contributed by atoms with Gasteiger partial charge >= 0.3 is 5.97 Å². The molecule has 1 amide bonds. The van der Waals surface area contributed by atoms with Gasteiger partial charge < -0.3 is 14.7 Å². The molecule has 1 aliphatic rings. The van der Waals surface area contributed by atoms with Crippen molar-refractivity contribution in [3.63, 3.8) is 0 Å². The van der Waals surface area contributed by atoms with Gasteiger partial charge in [-0.25, -0.2) is 4.79 Å². The van der Waals surface area contributed by atoms with Crippen LogP contribution in [-0.4, -0.2) is 45.4 Å². The molecule has 2 rings (SSSR count). The first-order valence-electron chi connectivity index (χ1n) is 9.24. The fraction of sp³-hybridized carbons (Fsp3) is 0.550. The van der Waals surface area contributed by atoms with Crippen LogP contribution in [0.15, 0.2) is 18.2 Å². The second-order valence-corrected chi connectivity index (χ2v) is 8.06. The van der Waals surface area contributed by atoms with Gasteiger partial charge in [-0.05, 0) is 29.7 Å². The molecule has 148 valence electrons. The molecule has 0 spiro atoms. The average Bonchev–Trinajstić information content (AvgIpc) is 2.64. The van der Waals surface area contributed by atoms with Crippen molar-refractivity contribution in [2.75, 3.05) is 12.4 Å². The van der Waals surface area contributed by atoms with Crippen LogP contribution in [0.3, 0.4) is 0 Å². The van der Waals surface area contributed by atoms with Crippen LogP contribution < -0.4 is 4.74 Å². The summed E-state index contributed by atoms with van der Waals surface area (Å²) < 4.78 is 5.71. The van der Waals surface area contributed by atoms with Crippen LogP contribution in [0.2, 0.25) is 0 Å². The minimum atomic E-state index is -1.02. The number of amides is 1. The third kappa shape index (κ3) is 5.73. The molecule has 1 aromatic rings. The Hall–Kier alpha value is -2.02. The van der Waals surface area contributed by atoms with E-state index in [0.717, 1.165) is 41.5 Å². The molecule has 0 radical (unpaired) electrons. The van der Waals surface area contributed by atoms with E-state index in [1.165, 1.54) is 11.8 Å². The van der Waals surface area contributed by atoms with E-state index < -0.39 is 17.9 Å². The van der Waals surface area contributed by atoms with Gasteiger partial charge in [0, 0.05) is 31.6 Å². The number of hydrogen-bond acceptors (Lipinski definition) is 5. The Morgan fingerprint density at radius 3 is 2.70 bits per heavy atom. The highest BCUT2D eigenvalue weighted by molar-refractivity contribution is 8.13. The first-order chi connectivity index (χ1) is 12.8. The van der Waals surface area contributed by atoms with Gasteiger partial charge in [0.15, 0.2) is 5.12 Å². The number of ether oxygens (including phenoxy) is 1. The van der Waals surface area contributed by atoms with Gasteiger partial charge in [-0.3, -0.25) is 9.59 Å². The number of carboxylic acid groups (broad SMARTS) is 1. The molecule has 2 atom stereocenters. The number of carboxylic acids is 1. The summed E-state index contributed by atoms with van der Waals surface area (Å²) in [6.45, 7) is 6.18. The lowest BCUT2D eigenvalue weighted by Crippen LogP contribution is -2.50. The molecule has 0 aromatic heterocycles. The number of carbonyl (C=O) groups is 3. The number of hydrogen-bond donors (Lipinski definition) is 1. The first kappa shape index (κ1) is 21.3. The number of unbranched alkanes of at least 4 members (excludes halogenated alkanes) is 1. The van der Waals surface area contributed by atoms with Crippen molar-refractivity contribution in [2.24, 2.45) is 5.92 Å². The number of carbonyl (C=O) groups excluding carboxylic acids is 2. The number of thioether (sulfide) groups is 1. The summed E-state index contributed by atoms with van der Waals surface area (Å²) in [5.74, 6) is -0.576. The normalized spacial score (nSPS) is 17.1. The quantitative estimate of drug-likeness (QED) is 0.683. The Morgan fingerprint density at radius 1 is 1.33 bits per heavy atom. The van der Waals surface area contributed by atoms with Crippen LogP contribution in [0.25, 0.3) is 0 Å². The third-order valence-electron chi connectivity index (χ3n) is 4.60. The Bertz CT molecular complexity index is 706. The molecule has 1 aliphatic heterocycles. The maximum atomic E-state index is 12.8. The summed E-state index contributed by atoms with van der Waals surface area (Å²) in [7, 11) is 0. The smallest absolute Gasteiger partial charge is 0.326 e. The van der Waals surface area contributed by atoms with Gasteiger partial charge in [0.05, 0.1) is 6.61 Å². The molecule has 1 heterocycles. The molecule has 1 N–H and O–H groups in total. The summed E-state index contributed by atoms with van der Waals surface area (Å²) >= 11 is 1.09. The van der Waals surface area contributed by atoms with Gasteiger partial charge in [-0.15, -0.1) is 0 Å². The van der Waals surface area contributed by atoms with Crippen molar-refractivity contribution >= 4 is 28.8 Å². The maximum absolute atomic E-state index is 12.8. The Labute approximate surface area is 164 Å². The summed E-state index contributed by atoms with van der Waals surface area (Å²) in [5.41, 5.74) is 1.85. The molecule has 7 heteroatoms. The third-order valence-corrected chi connectivity index (χ3v) is 5.67. The lowest BCUT2D eigenvalue weighted by Gasteiger charge is -2.36. The summed E-state index contributed by atoms with van der Waals surface area (Å²) in [6, 6.07) is 4.76. The number of benzene rings is 1. The van der Waals surface area contributed by atoms with Crippen LogP contribution >= 0.6 is 11.8 Å². The van der Waals surface area contributed by atoms with Crippen LogP contribution in [-0.2, 0) is 27.3 Å². The maximum Gasteiger partial charge on any atom is 0.326 e. The monoisotopic (exact) mass is 393 g/mol. The van der Waals surface area contributed by atoms with Gasteiger partial charge in [0.25, 0.3) is 0 Å². The highest BCUT2D eigenvalue weighted by Gasteiger charge is 2.36. The van der Waals surface area contributed by atoms with E-state index in [0.29, 0.717) is 12.4 Å². The number of rotatable bonds is 8. The second-order valence-electron chi connectivity index (χ2n) is 6.86. The highest BCUT2D eigenvalue weighted by atomic mass is 32.2. The van der Waals surface area contributed by atoms with E-state index in [9.17, 15) is 19.5 Å². The lowest BCUT2D eigenvalue weighted by atomic mass is 9.92. The van der Waals surface area contributed by atoms with Crippen molar-refractivity contribution in [3.05, 3.63) is 29.3 Å². The zero-order valence-electron chi connectivity index (χ0n) is 16.1. The van der Waals surface area contributed by atoms with E-state index in [-0.39, 0.29) is 24.0 Å².